The summed E-state index contributed by atoms with van der Waals surface area (Å²) >= 11 is 0. The molecule has 1 N–H and O–H groups in total. The number of hydrogen-bond donors (Lipinski definition) is 1. The van der Waals surface area contributed by atoms with Crippen LogP contribution < -0.4 is 5.32 Å². The van der Waals surface area contributed by atoms with Gasteiger partial charge in [-0.05, 0) is 80.6 Å². The number of fused-ring (bicyclic) bond motifs is 1. The Morgan fingerprint density at radius 1 is 1.16 bits per heavy atom. The molecular weight excluding hydrogens is 306 g/mol. The van der Waals surface area contributed by atoms with Crippen molar-refractivity contribution in [2.24, 2.45) is 5.92 Å². The number of hydrogen-bond acceptors (Lipinski definition) is 3. The second kappa shape index (κ2) is 5.84. The van der Waals surface area contributed by atoms with Crippen LogP contribution in [0.25, 0.3) is 0 Å². The van der Waals surface area contributed by atoms with E-state index >= 15 is 0 Å². The van der Waals surface area contributed by atoms with Gasteiger partial charge in [-0.3, -0.25) is 4.98 Å². The summed E-state index contributed by atoms with van der Waals surface area (Å²) in [5.41, 5.74) is 5.94. The monoisotopic (exact) mass is 333 g/mol. The molecule has 2 aliphatic carbocycles. The van der Waals surface area contributed by atoms with Gasteiger partial charge in [0.25, 0.3) is 0 Å². The molecule has 5 rings (SSSR count). The highest BCUT2D eigenvalue weighted by Crippen LogP contribution is 2.55. The molecule has 1 aromatic heterocycles. The molecule has 1 saturated carbocycles. The molecule has 2 bridgehead atoms. The van der Waals surface area contributed by atoms with Crippen molar-refractivity contribution >= 4 is 11.4 Å². The maximum Gasteiger partial charge on any atom is 0.0570 e. The Kier molecular flexibility index (Phi) is 3.60. The molecule has 2 fully saturated rings. The Bertz CT molecular complexity index is 772. The van der Waals surface area contributed by atoms with E-state index in [4.69, 9.17) is 0 Å². The van der Waals surface area contributed by atoms with Crippen LogP contribution in [-0.4, -0.2) is 29.5 Å². The molecule has 0 amide bonds. The molecule has 0 spiro atoms. The Morgan fingerprint density at radius 2 is 2.12 bits per heavy atom. The largest absolute Gasteiger partial charge is 0.354 e. The Balaban J connectivity index is 1.56. The number of rotatable bonds is 2. The maximum absolute atomic E-state index is 4.22. The average molecular weight is 333 g/mol. The minimum atomic E-state index is 0.426. The summed E-state index contributed by atoms with van der Waals surface area (Å²) in [6.07, 6.45) is 11.9. The highest BCUT2D eigenvalue weighted by Gasteiger charge is 2.52. The number of likely N-dealkylation sites (tertiary alicyclic amines) is 1. The molecule has 130 valence electrons. The first-order valence-corrected chi connectivity index (χ1v) is 9.77. The smallest absolute Gasteiger partial charge is 0.0570 e. The first-order valence-electron chi connectivity index (χ1n) is 9.77. The van der Waals surface area contributed by atoms with Crippen LogP contribution in [0, 0.1) is 5.92 Å². The third-order valence-corrected chi connectivity index (χ3v) is 7.06. The summed E-state index contributed by atoms with van der Waals surface area (Å²) in [6.45, 7) is 1.25. The Morgan fingerprint density at radius 3 is 3.00 bits per heavy atom. The van der Waals surface area contributed by atoms with E-state index in [-0.39, 0.29) is 0 Å². The summed E-state index contributed by atoms with van der Waals surface area (Å²) in [5, 5.41) is 3.56. The third kappa shape index (κ3) is 2.40. The molecule has 1 aliphatic heterocycles. The molecule has 3 nitrogen and oxygen atoms in total. The number of benzene rings is 1. The predicted octanol–water partition coefficient (Wildman–Crippen LogP) is 4.51. The molecule has 3 atom stereocenters. The number of aromatic nitrogens is 1. The molecule has 25 heavy (non-hydrogen) atoms. The average Bonchev–Trinajstić information content (AvgIpc) is 2.66. The summed E-state index contributed by atoms with van der Waals surface area (Å²) in [7, 11) is 2.34. The lowest BCUT2D eigenvalue weighted by molar-refractivity contribution is 0.00290. The minimum Gasteiger partial charge on any atom is -0.354 e. The van der Waals surface area contributed by atoms with Crippen LogP contribution in [0.15, 0.2) is 42.7 Å². The zero-order chi connectivity index (χ0) is 16.9. The lowest BCUT2D eigenvalue weighted by atomic mass is 9.52. The number of anilines is 2. The van der Waals surface area contributed by atoms with Gasteiger partial charge in [0.05, 0.1) is 11.9 Å². The summed E-state index contributed by atoms with van der Waals surface area (Å²) < 4.78 is 0. The molecule has 3 heteroatoms. The lowest BCUT2D eigenvalue weighted by Gasteiger charge is -2.58. The predicted molar refractivity (Wildman–Crippen MR) is 102 cm³/mol. The van der Waals surface area contributed by atoms with Crippen LogP contribution in [-0.2, 0) is 11.8 Å². The molecule has 1 aromatic carbocycles. The van der Waals surface area contributed by atoms with Gasteiger partial charge >= 0.3 is 0 Å². The van der Waals surface area contributed by atoms with Gasteiger partial charge in [-0.15, -0.1) is 0 Å². The normalized spacial score (nSPS) is 31.1. The second-order valence-electron chi connectivity index (χ2n) is 8.25. The van der Waals surface area contributed by atoms with Gasteiger partial charge in [-0.2, -0.15) is 0 Å². The number of likely N-dealkylation sites (N-methyl/N-ethyl adjacent to an activating group) is 1. The quantitative estimate of drug-likeness (QED) is 0.876. The third-order valence-electron chi connectivity index (χ3n) is 7.06. The van der Waals surface area contributed by atoms with Crippen molar-refractivity contribution in [3.8, 4) is 0 Å². The van der Waals surface area contributed by atoms with Crippen molar-refractivity contribution in [2.75, 3.05) is 18.9 Å². The van der Waals surface area contributed by atoms with Gasteiger partial charge in [0.2, 0.25) is 0 Å². The zero-order valence-electron chi connectivity index (χ0n) is 15.0. The van der Waals surface area contributed by atoms with Crippen LogP contribution in [0.2, 0.25) is 0 Å². The van der Waals surface area contributed by atoms with Crippen LogP contribution in [0.3, 0.4) is 0 Å². The minimum absolute atomic E-state index is 0.426. The van der Waals surface area contributed by atoms with E-state index in [1.54, 1.807) is 11.1 Å². The molecular formula is C22H27N3. The van der Waals surface area contributed by atoms with E-state index in [1.165, 1.54) is 50.8 Å². The van der Waals surface area contributed by atoms with Crippen molar-refractivity contribution in [3.05, 3.63) is 53.9 Å². The molecule has 0 radical (unpaired) electrons. The number of pyridine rings is 1. The van der Waals surface area contributed by atoms with Gasteiger partial charge in [0.1, 0.15) is 0 Å². The fourth-order valence-electron chi connectivity index (χ4n) is 5.88. The standard InChI is InChI=1S/C22H27N3/c1-25-12-10-22-9-3-2-6-19(22)21(25)13-16-7-8-17(14-20(16)22)24-18-5-4-11-23-15-18/h4-5,7-8,11,14-15,19,21,24H,2-3,6,9-10,12-13H2,1H3/t19-,21+,22+/m0/s1. The van der Waals surface area contributed by atoms with Gasteiger partial charge in [0, 0.05) is 23.3 Å². The van der Waals surface area contributed by atoms with E-state index in [0.717, 1.165) is 17.6 Å². The first kappa shape index (κ1) is 15.4. The number of nitrogens with one attached hydrogen (secondary N) is 1. The Labute approximate surface area is 150 Å². The van der Waals surface area contributed by atoms with E-state index in [9.17, 15) is 0 Å². The second-order valence-corrected chi connectivity index (χ2v) is 8.25. The van der Waals surface area contributed by atoms with Gasteiger partial charge < -0.3 is 10.2 Å². The maximum atomic E-state index is 4.22. The first-order chi connectivity index (χ1) is 12.3. The summed E-state index contributed by atoms with van der Waals surface area (Å²) in [5.74, 6) is 0.848. The SMILES string of the molecule is CN1CC[C@]23CCCC[C@H]2[C@H]1Cc1ccc(Nc2cccnc2)cc13. The number of piperidine rings is 1. The van der Waals surface area contributed by atoms with Crippen LogP contribution in [0.5, 0.6) is 0 Å². The molecule has 0 unspecified atom stereocenters. The van der Waals surface area contributed by atoms with Crippen LogP contribution in [0.1, 0.15) is 43.2 Å². The van der Waals surface area contributed by atoms with E-state index < -0.39 is 0 Å². The highest BCUT2D eigenvalue weighted by atomic mass is 15.1. The van der Waals surface area contributed by atoms with Crippen molar-refractivity contribution in [1.29, 1.82) is 0 Å². The van der Waals surface area contributed by atoms with Gasteiger partial charge in [-0.1, -0.05) is 18.9 Å². The fraction of sp³-hybridized carbons (Fsp3) is 0.500. The summed E-state index contributed by atoms with van der Waals surface area (Å²) in [4.78, 5) is 6.86. The molecule has 2 aromatic rings. The van der Waals surface area contributed by atoms with Crippen LogP contribution >= 0.6 is 0 Å². The Hall–Kier alpha value is -1.87. The van der Waals surface area contributed by atoms with Crippen molar-refractivity contribution in [3.63, 3.8) is 0 Å². The molecule has 3 aliphatic rings. The van der Waals surface area contributed by atoms with Crippen molar-refractivity contribution < 1.29 is 0 Å². The van der Waals surface area contributed by atoms with E-state index in [0.29, 0.717) is 5.41 Å². The summed E-state index contributed by atoms with van der Waals surface area (Å²) in [6, 6.07) is 11.9. The number of nitrogens with zero attached hydrogens (tertiary/aromatic N) is 2. The molecule has 2 heterocycles. The lowest BCUT2D eigenvalue weighted by Crippen LogP contribution is -2.59. The van der Waals surface area contributed by atoms with Gasteiger partial charge in [-0.25, -0.2) is 0 Å². The fourth-order valence-corrected chi connectivity index (χ4v) is 5.88. The van der Waals surface area contributed by atoms with E-state index in [2.05, 4.69) is 46.5 Å². The topological polar surface area (TPSA) is 28.2 Å². The van der Waals surface area contributed by atoms with Crippen molar-refractivity contribution in [1.82, 2.24) is 9.88 Å². The zero-order valence-corrected chi connectivity index (χ0v) is 15.0. The van der Waals surface area contributed by atoms with Crippen molar-refractivity contribution in [2.45, 2.75) is 50.0 Å². The molecule has 1 saturated heterocycles. The highest BCUT2D eigenvalue weighted by molar-refractivity contribution is 5.62. The van der Waals surface area contributed by atoms with E-state index in [1.807, 2.05) is 18.5 Å². The van der Waals surface area contributed by atoms with Gasteiger partial charge in [0.15, 0.2) is 0 Å². The van der Waals surface area contributed by atoms with Crippen LogP contribution in [0.4, 0.5) is 11.4 Å².